The largest absolute Gasteiger partial charge is 0.473 e. The highest BCUT2D eigenvalue weighted by Crippen LogP contribution is 2.52. The molecule has 0 aromatic carbocycles. The molecular formula is C14H26B2O11P2. The van der Waals surface area contributed by atoms with Gasteiger partial charge in [-0.1, -0.05) is 0 Å². The van der Waals surface area contributed by atoms with Gasteiger partial charge >= 0.3 is 15.6 Å². The molecule has 0 aromatic heterocycles. The summed E-state index contributed by atoms with van der Waals surface area (Å²) < 4.78 is 60.5. The van der Waals surface area contributed by atoms with Crippen molar-refractivity contribution < 1.29 is 51.2 Å². The van der Waals surface area contributed by atoms with E-state index < -0.39 is 58.2 Å². The normalized spacial score (nSPS) is 37.1. The van der Waals surface area contributed by atoms with Crippen LogP contribution in [0.5, 0.6) is 0 Å². The van der Waals surface area contributed by atoms with Crippen LogP contribution in [0.1, 0.15) is 27.7 Å². The topological polar surface area (TPSA) is 139 Å². The summed E-state index contributed by atoms with van der Waals surface area (Å²) >= 11 is 0. The van der Waals surface area contributed by atoms with E-state index in [-0.39, 0.29) is 19.3 Å². The van der Waals surface area contributed by atoms with Gasteiger partial charge in [-0.2, -0.15) is 0 Å². The molecule has 2 saturated heterocycles. The summed E-state index contributed by atoms with van der Waals surface area (Å²) in [5, 5.41) is 0. The highest BCUT2D eigenvalue weighted by molar-refractivity contribution is 7.47. The molecule has 0 aromatic rings. The van der Waals surface area contributed by atoms with E-state index in [0.29, 0.717) is 0 Å². The van der Waals surface area contributed by atoms with E-state index in [1.54, 1.807) is 13.8 Å². The van der Waals surface area contributed by atoms with Crippen LogP contribution in [0.4, 0.5) is 0 Å². The van der Waals surface area contributed by atoms with Crippen LogP contribution >= 0.6 is 15.6 Å². The van der Waals surface area contributed by atoms with E-state index in [9.17, 15) is 18.9 Å². The molecule has 2 fully saturated rings. The maximum absolute atomic E-state index is 12.5. The van der Waals surface area contributed by atoms with Gasteiger partial charge in [0.1, 0.15) is 40.1 Å². The summed E-state index contributed by atoms with van der Waals surface area (Å²) in [6.45, 7) is 6.26. The first-order chi connectivity index (χ1) is 13.3. The minimum absolute atomic E-state index is 0.0896. The molecule has 0 saturated carbocycles. The first-order valence-corrected chi connectivity index (χ1v) is 12.1. The van der Waals surface area contributed by atoms with E-state index in [0.717, 1.165) is 0 Å². The van der Waals surface area contributed by atoms with Crippen molar-refractivity contribution in [3.63, 3.8) is 0 Å². The van der Waals surface area contributed by atoms with E-state index in [2.05, 4.69) is 0 Å². The Labute approximate surface area is 172 Å². The van der Waals surface area contributed by atoms with Gasteiger partial charge in [-0.15, -0.1) is 0 Å². The predicted octanol–water partition coefficient (Wildman–Crippen LogP) is 0.611. The summed E-state index contributed by atoms with van der Waals surface area (Å²) in [7, 11) is 2.30. The van der Waals surface area contributed by atoms with Crippen molar-refractivity contribution in [3.8, 4) is 0 Å². The summed E-state index contributed by atoms with van der Waals surface area (Å²) in [4.78, 5) is 20.0. The molecule has 11 nitrogen and oxygen atoms in total. The summed E-state index contributed by atoms with van der Waals surface area (Å²) in [6, 6.07) is -2.04. The van der Waals surface area contributed by atoms with Crippen LogP contribution in [0.2, 0.25) is 0 Å². The van der Waals surface area contributed by atoms with Gasteiger partial charge in [0.25, 0.3) is 0 Å². The Bertz CT molecular complexity index is 637. The maximum atomic E-state index is 12.5. The number of phosphoric ester groups is 2. The minimum Gasteiger partial charge on any atom is -0.382 e. The van der Waals surface area contributed by atoms with Crippen LogP contribution in [0.25, 0.3) is 0 Å². The fraction of sp³-hybridized carbons (Fsp3) is 1.00. The Morgan fingerprint density at radius 2 is 1.31 bits per heavy atom. The number of hydrogen-bond acceptors (Lipinski definition) is 9. The zero-order valence-electron chi connectivity index (χ0n) is 16.7. The molecule has 2 rings (SSSR count). The monoisotopic (exact) mass is 454 g/mol. The minimum atomic E-state index is -4.73. The van der Waals surface area contributed by atoms with Gasteiger partial charge in [-0.3, -0.25) is 18.1 Å². The SMILES string of the molecule is [B][C@@H]1OC[C@@H](OP(=O)(O)OC(C)C)C1OP(=O)(O)O[C@@H]1CO[C@@H]([B])C1OC(C)C. The summed E-state index contributed by atoms with van der Waals surface area (Å²) in [5.41, 5.74) is 0. The number of hydrogen-bond donors (Lipinski definition) is 2. The van der Waals surface area contributed by atoms with Crippen molar-refractivity contribution in [2.45, 2.75) is 76.3 Å². The average Bonchev–Trinajstić information content (AvgIpc) is 3.03. The first-order valence-electron chi connectivity index (χ1n) is 9.08. The lowest BCUT2D eigenvalue weighted by Gasteiger charge is -2.28. The molecule has 29 heavy (non-hydrogen) atoms. The molecule has 0 amide bonds. The average molecular weight is 454 g/mol. The maximum Gasteiger partial charge on any atom is 0.473 e. The van der Waals surface area contributed by atoms with Crippen LogP contribution < -0.4 is 0 Å². The van der Waals surface area contributed by atoms with Crippen molar-refractivity contribution in [1.82, 2.24) is 0 Å². The van der Waals surface area contributed by atoms with Gasteiger partial charge in [-0.05, 0) is 27.7 Å². The standard InChI is InChI=1S/C14H26B2O11P2/c1-7(2)23-11-9(5-21-13(11)15)25-29(19,20)27-12-10(6-22-14(12)16)26-28(17,18)24-8(3)4/h7-14H,5-6H2,1-4H3,(H,17,18)(H,19,20)/t9-,10-,11?,12?,13-,14-/m1/s1. The Kier molecular flexibility index (Phi) is 8.99. The van der Waals surface area contributed by atoms with Crippen molar-refractivity contribution >= 4 is 31.3 Å². The van der Waals surface area contributed by atoms with Crippen molar-refractivity contribution in [2.24, 2.45) is 0 Å². The highest BCUT2D eigenvalue weighted by Gasteiger charge is 2.47. The summed E-state index contributed by atoms with van der Waals surface area (Å²) in [6.07, 6.45) is -5.22. The lowest BCUT2D eigenvalue weighted by Crippen LogP contribution is -2.38. The predicted molar refractivity (Wildman–Crippen MR) is 101 cm³/mol. The zero-order chi connectivity index (χ0) is 22.0. The Morgan fingerprint density at radius 3 is 1.83 bits per heavy atom. The van der Waals surface area contributed by atoms with Gasteiger partial charge in [0.15, 0.2) is 0 Å². The van der Waals surface area contributed by atoms with Crippen molar-refractivity contribution in [2.75, 3.05) is 13.2 Å². The molecule has 2 heterocycles. The van der Waals surface area contributed by atoms with Crippen LogP contribution in [0.3, 0.4) is 0 Å². The second kappa shape index (κ2) is 10.2. The first kappa shape index (κ1) is 25.5. The fourth-order valence-corrected chi connectivity index (χ4v) is 5.06. The van der Waals surface area contributed by atoms with Gasteiger partial charge < -0.3 is 24.0 Å². The van der Waals surface area contributed by atoms with Crippen LogP contribution in [0.15, 0.2) is 0 Å². The zero-order valence-corrected chi connectivity index (χ0v) is 18.4. The molecule has 15 heteroatoms. The Balaban J connectivity index is 2.03. The molecule has 2 aliphatic rings. The molecule has 4 unspecified atom stereocenters. The van der Waals surface area contributed by atoms with E-state index in [1.165, 1.54) is 13.8 Å². The van der Waals surface area contributed by atoms with E-state index in [1.807, 2.05) is 0 Å². The quantitative estimate of drug-likeness (QED) is 0.355. The molecule has 0 aliphatic carbocycles. The lowest BCUT2D eigenvalue weighted by molar-refractivity contribution is -0.0546. The number of rotatable bonds is 10. The number of phosphoric acid groups is 2. The number of ether oxygens (including phenoxy) is 3. The molecule has 8 atom stereocenters. The van der Waals surface area contributed by atoms with Gasteiger partial charge in [0.2, 0.25) is 0 Å². The second-order valence-electron chi connectivity index (χ2n) is 7.19. The second-order valence-corrected chi connectivity index (χ2v) is 9.91. The van der Waals surface area contributed by atoms with E-state index >= 15 is 0 Å². The van der Waals surface area contributed by atoms with Gasteiger partial charge in [0, 0.05) is 12.0 Å². The van der Waals surface area contributed by atoms with Crippen LogP contribution in [-0.2, 0) is 41.4 Å². The fourth-order valence-electron chi connectivity index (χ4n) is 2.81. The van der Waals surface area contributed by atoms with Gasteiger partial charge in [0.05, 0.1) is 25.4 Å². The third-order valence-corrected chi connectivity index (χ3v) is 6.12. The molecule has 4 radical (unpaired) electrons. The molecule has 164 valence electrons. The molecule has 0 bridgehead atoms. The molecule has 0 spiro atoms. The van der Waals surface area contributed by atoms with Crippen LogP contribution in [0, 0.1) is 0 Å². The van der Waals surface area contributed by atoms with Crippen LogP contribution in [-0.4, -0.2) is 87.3 Å². The summed E-state index contributed by atoms with van der Waals surface area (Å²) in [5.74, 6) is 0. The Hall–Kier alpha value is 0.230. The Morgan fingerprint density at radius 1 is 0.828 bits per heavy atom. The third kappa shape index (κ3) is 7.70. The van der Waals surface area contributed by atoms with Crippen molar-refractivity contribution in [1.29, 1.82) is 0 Å². The molecular weight excluding hydrogens is 428 g/mol. The molecule has 2 N–H and O–H groups in total. The highest BCUT2D eigenvalue weighted by atomic mass is 31.2. The third-order valence-electron chi connectivity index (χ3n) is 3.85. The lowest BCUT2D eigenvalue weighted by atomic mass is 9.93. The smallest absolute Gasteiger partial charge is 0.382 e. The van der Waals surface area contributed by atoms with Gasteiger partial charge in [-0.25, -0.2) is 9.13 Å². The van der Waals surface area contributed by atoms with E-state index in [4.69, 9.17) is 48.0 Å². The molecule has 2 aliphatic heterocycles. The van der Waals surface area contributed by atoms with Crippen molar-refractivity contribution in [3.05, 3.63) is 0 Å².